The molecule has 0 aromatic heterocycles. The number of rotatable bonds is 3. The fraction of sp³-hybridized carbons (Fsp3) is 0.786. The quantitative estimate of drug-likeness (QED) is 0.495. The van der Waals surface area contributed by atoms with Crippen LogP contribution in [0.25, 0.3) is 0 Å². The van der Waals surface area contributed by atoms with Crippen molar-refractivity contribution in [2.45, 2.75) is 116 Å². The van der Waals surface area contributed by atoms with E-state index < -0.39 is 29.3 Å². The molecule has 3 N–H and O–H groups in total. The molecule has 3 rings (SSSR count). The third-order valence-corrected chi connectivity index (χ3v) is 7.11. The Hall–Kier alpha value is -2.58. The summed E-state index contributed by atoms with van der Waals surface area (Å²) in [6.45, 7) is 12.4. The number of hydrogen-bond acceptors (Lipinski definition) is 5. The van der Waals surface area contributed by atoms with Gasteiger partial charge in [-0.3, -0.25) is 14.4 Å². The average molecular weight is 519 g/mol. The lowest BCUT2D eigenvalue weighted by Crippen LogP contribution is -2.58. The minimum absolute atomic E-state index is 0.0614. The second kappa shape index (κ2) is 11.4. The van der Waals surface area contributed by atoms with Crippen LogP contribution in [0.1, 0.15) is 92.9 Å². The Morgan fingerprint density at radius 3 is 2.49 bits per heavy atom. The molecule has 2 heterocycles. The highest BCUT2D eigenvalue weighted by molar-refractivity contribution is 5.98. The molecular weight excluding hydrogens is 472 g/mol. The van der Waals surface area contributed by atoms with E-state index in [4.69, 9.17) is 4.74 Å². The zero-order chi connectivity index (χ0) is 27.4. The van der Waals surface area contributed by atoms with Gasteiger partial charge in [-0.2, -0.15) is 0 Å². The van der Waals surface area contributed by atoms with Crippen LogP contribution >= 0.6 is 0 Å². The maximum absolute atomic E-state index is 13.6. The molecule has 0 aromatic carbocycles. The van der Waals surface area contributed by atoms with Crippen molar-refractivity contribution in [1.29, 1.82) is 0 Å². The number of alkyl carbamates (subject to hydrolysis) is 1. The van der Waals surface area contributed by atoms with E-state index in [1.807, 2.05) is 20.8 Å². The van der Waals surface area contributed by atoms with Gasteiger partial charge < -0.3 is 25.6 Å². The van der Waals surface area contributed by atoms with Crippen molar-refractivity contribution in [1.82, 2.24) is 20.9 Å². The third-order valence-electron chi connectivity index (χ3n) is 7.11. The van der Waals surface area contributed by atoms with Gasteiger partial charge in [0, 0.05) is 19.0 Å². The molecular formula is C28H46N4O5. The molecule has 4 amide bonds. The molecule has 37 heavy (non-hydrogen) atoms. The molecule has 9 nitrogen and oxygen atoms in total. The third kappa shape index (κ3) is 7.95. The molecule has 1 saturated heterocycles. The van der Waals surface area contributed by atoms with E-state index in [9.17, 15) is 19.2 Å². The van der Waals surface area contributed by atoms with Crippen LogP contribution in [0.15, 0.2) is 12.2 Å². The summed E-state index contributed by atoms with van der Waals surface area (Å²) in [6, 6.07) is -1.43. The summed E-state index contributed by atoms with van der Waals surface area (Å²) in [7, 11) is 0. The van der Waals surface area contributed by atoms with E-state index in [1.54, 1.807) is 25.7 Å². The number of allylic oxidation sites excluding steroid dienone is 1. The summed E-state index contributed by atoms with van der Waals surface area (Å²) < 4.78 is 5.40. The summed E-state index contributed by atoms with van der Waals surface area (Å²) in [5, 5.41) is 8.83. The molecule has 0 bridgehead atoms. The lowest BCUT2D eigenvalue weighted by atomic mass is 9.96. The summed E-state index contributed by atoms with van der Waals surface area (Å²) in [5.74, 6) is -0.808. The van der Waals surface area contributed by atoms with Crippen molar-refractivity contribution < 1.29 is 23.9 Å². The van der Waals surface area contributed by atoms with Crippen LogP contribution in [-0.2, 0) is 19.1 Å². The molecule has 1 saturated carbocycles. The Balaban J connectivity index is 1.80. The molecule has 0 spiro atoms. The van der Waals surface area contributed by atoms with E-state index in [-0.39, 0.29) is 29.1 Å². The van der Waals surface area contributed by atoms with Crippen LogP contribution in [0.2, 0.25) is 0 Å². The highest BCUT2D eigenvalue weighted by Gasteiger charge is 2.60. The number of nitrogens with zero attached hydrogens (tertiary/aromatic N) is 1. The predicted molar refractivity (Wildman–Crippen MR) is 142 cm³/mol. The zero-order valence-electron chi connectivity index (χ0n) is 23.4. The van der Waals surface area contributed by atoms with Crippen molar-refractivity contribution in [3.8, 4) is 0 Å². The SMILES string of the molecule is CC(C)(C)CNC(=O)[C@@]12C[C@H]1C=CCCCCC[C@H](NC(=O)OC(C)(C)C)C(=O)N1CCC[C@H]1C(=O)N2. The molecule has 0 radical (unpaired) electrons. The van der Waals surface area contributed by atoms with Crippen molar-refractivity contribution in [3.63, 3.8) is 0 Å². The summed E-state index contributed by atoms with van der Waals surface area (Å²) in [4.78, 5) is 54.5. The normalized spacial score (nSPS) is 29.2. The summed E-state index contributed by atoms with van der Waals surface area (Å²) in [5.41, 5.74) is -1.75. The molecule has 208 valence electrons. The Kier molecular flexibility index (Phi) is 8.96. The van der Waals surface area contributed by atoms with Gasteiger partial charge >= 0.3 is 6.09 Å². The van der Waals surface area contributed by atoms with E-state index in [0.717, 1.165) is 25.7 Å². The number of ether oxygens (including phenoxy) is 1. The minimum Gasteiger partial charge on any atom is -0.444 e. The second-order valence-electron chi connectivity index (χ2n) is 13.0. The Bertz CT molecular complexity index is 903. The number of hydrogen-bond donors (Lipinski definition) is 3. The van der Waals surface area contributed by atoms with Crippen LogP contribution in [0.4, 0.5) is 4.79 Å². The van der Waals surface area contributed by atoms with Crippen molar-refractivity contribution in [3.05, 3.63) is 12.2 Å². The van der Waals surface area contributed by atoms with Gasteiger partial charge in [-0.25, -0.2) is 4.79 Å². The number of carbonyl (C=O) groups is 4. The van der Waals surface area contributed by atoms with E-state index in [0.29, 0.717) is 38.8 Å². The standard InChI is InChI=1S/C28H46N4O5/c1-26(2,3)18-29-24(35)28-17-19(28)13-10-8-7-9-11-14-20(30-25(36)37-27(4,5)6)23(34)32-16-12-15-21(32)22(33)31-28/h10,13,19-21H,7-9,11-12,14-18H2,1-6H3,(H,29,35)(H,30,36)(H,31,33)/t19-,20+,21+,28-/m1/s1. The highest BCUT2D eigenvalue weighted by atomic mass is 16.6. The van der Waals surface area contributed by atoms with Gasteiger partial charge in [-0.1, -0.05) is 45.8 Å². The highest BCUT2D eigenvalue weighted by Crippen LogP contribution is 2.45. The van der Waals surface area contributed by atoms with E-state index >= 15 is 0 Å². The van der Waals surface area contributed by atoms with Crippen molar-refractivity contribution >= 4 is 23.8 Å². The van der Waals surface area contributed by atoms with Crippen LogP contribution in [0.3, 0.4) is 0 Å². The van der Waals surface area contributed by atoms with Gasteiger partial charge in [0.2, 0.25) is 17.7 Å². The fourth-order valence-electron chi connectivity index (χ4n) is 5.05. The van der Waals surface area contributed by atoms with Gasteiger partial charge in [0.25, 0.3) is 0 Å². The minimum atomic E-state index is -0.982. The lowest BCUT2D eigenvalue weighted by Gasteiger charge is -2.31. The summed E-state index contributed by atoms with van der Waals surface area (Å²) in [6.07, 6.45) is 9.24. The second-order valence-corrected chi connectivity index (χ2v) is 13.0. The zero-order valence-corrected chi connectivity index (χ0v) is 23.4. The van der Waals surface area contributed by atoms with Crippen molar-refractivity contribution in [2.24, 2.45) is 11.3 Å². The summed E-state index contributed by atoms with van der Waals surface area (Å²) >= 11 is 0. The lowest BCUT2D eigenvalue weighted by molar-refractivity contribution is -0.141. The van der Waals surface area contributed by atoms with Crippen LogP contribution in [-0.4, -0.2) is 65.0 Å². The number of carbonyl (C=O) groups excluding carboxylic acids is 4. The molecule has 1 aliphatic carbocycles. The molecule has 0 aromatic rings. The first-order valence-corrected chi connectivity index (χ1v) is 13.8. The van der Waals surface area contributed by atoms with Gasteiger partial charge in [0.15, 0.2) is 0 Å². The van der Waals surface area contributed by atoms with Crippen LogP contribution in [0.5, 0.6) is 0 Å². The Morgan fingerprint density at radius 2 is 1.81 bits per heavy atom. The topological polar surface area (TPSA) is 117 Å². The largest absolute Gasteiger partial charge is 0.444 e. The fourth-order valence-corrected chi connectivity index (χ4v) is 5.05. The molecule has 2 aliphatic heterocycles. The first kappa shape index (κ1) is 29.0. The van der Waals surface area contributed by atoms with Crippen molar-refractivity contribution in [2.75, 3.05) is 13.1 Å². The Morgan fingerprint density at radius 1 is 1.08 bits per heavy atom. The molecule has 2 fully saturated rings. The first-order chi connectivity index (χ1) is 17.2. The average Bonchev–Trinajstić information content (AvgIpc) is 3.23. The van der Waals surface area contributed by atoms with Gasteiger partial charge in [0.05, 0.1) is 0 Å². The molecule has 4 atom stereocenters. The van der Waals surface area contributed by atoms with Crippen LogP contribution < -0.4 is 16.0 Å². The maximum Gasteiger partial charge on any atom is 0.408 e. The first-order valence-electron chi connectivity index (χ1n) is 13.8. The smallest absolute Gasteiger partial charge is 0.408 e. The Labute approximate surface area is 221 Å². The van der Waals surface area contributed by atoms with Gasteiger partial charge in [0.1, 0.15) is 23.2 Å². The van der Waals surface area contributed by atoms with Gasteiger partial charge in [-0.15, -0.1) is 0 Å². The number of fused-ring (bicyclic) bond motifs is 2. The van der Waals surface area contributed by atoms with E-state index in [1.165, 1.54) is 0 Å². The number of nitrogens with one attached hydrogen (secondary N) is 3. The van der Waals surface area contributed by atoms with Crippen LogP contribution in [0, 0.1) is 11.3 Å². The predicted octanol–water partition coefficient (Wildman–Crippen LogP) is 3.43. The molecule has 0 unspecified atom stereocenters. The maximum atomic E-state index is 13.6. The van der Waals surface area contributed by atoms with E-state index in [2.05, 4.69) is 28.1 Å². The monoisotopic (exact) mass is 518 g/mol. The number of amides is 4. The molecule has 3 aliphatic rings. The van der Waals surface area contributed by atoms with Gasteiger partial charge in [-0.05, 0) is 64.7 Å². The molecule has 9 heteroatoms.